The fourth-order valence-corrected chi connectivity index (χ4v) is 3.22. The Balaban J connectivity index is 1.62. The first-order valence-corrected chi connectivity index (χ1v) is 7.92. The number of aliphatic hydroxyl groups is 1. The molecule has 0 unspecified atom stereocenters. The molecule has 1 aliphatic rings. The lowest BCUT2D eigenvalue weighted by Crippen LogP contribution is -2.43. The minimum Gasteiger partial charge on any atom is -0.389 e. The van der Waals surface area contributed by atoms with Crippen molar-refractivity contribution in [1.29, 1.82) is 0 Å². The maximum Gasteiger partial charge on any atom is 0.0771 e. The topological polar surface area (TPSA) is 45.1 Å². The second kappa shape index (κ2) is 6.12. The Labute approximate surface area is 126 Å². The smallest absolute Gasteiger partial charge is 0.0771 e. The summed E-state index contributed by atoms with van der Waals surface area (Å²) in [5, 5.41) is 15.2. The molecule has 3 heteroatoms. The number of fused-ring (bicyclic) bond motifs is 1. The van der Waals surface area contributed by atoms with E-state index in [0.29, 0.717) is 6.54 Å². The van der Waals surface area contributed by atoms with E-state index in [1.165, 1.54) is 10.9 Å². The first-order valence-electron chi connectivity index (χ1n) is 7.92. The Morgan fingerprint density at radius 1 is 1.24 bits per heavy atom. The van der Waals surface area contributed by atoms with Crippen molar-refractivity contribution in [3.8, 4) is 0 Å². The van der Waals surface area contributed by atoms with E-state index in [1.807, 2.05) is 12.3 Å². The van der Waals surface area contributed by atoms with Gasteiger partial charge in [-0.15, -0.1) is 0 Å². The molecule has 1 aromatic heterocycles. The molecule has 3 rings (SSSR count). The van der Waals surface area contributed by atoms with Gasteiger partial charge in [0, 0.05) is 24.7 Å². The zero-order valence-corrected chi connectivity index (χ0v) is 12.7. The molecule has 0 spiro atoms. The fraction of sp³-hybridized carbons (Fsp3) is 0.500. The number of hydrogen-bond acceptors (Lipinski definition) is 3. The number of aromatic nitrogens is 1. The summed E-state index contributed by atoms with van der Waals surface area (Å²) in [6.07, 6.45) is 5.92. The minimum atomic E-state index is -0.523. The molecule has 2 N–H and O–H groups in total. The van der Waals surface area contributed by atoms with Gasteiger partial charge in [-0.2, -0.15) is 0 Å². The van der Waals surface area contributed by atoms with E-state index in [-0.39, 0.29) is 0 Å². The maximum atomic E-state index is 10.6. The average molecular weight is 284 g/mol. The van der Waals surface area contributed by atoms with Gasteiger partial charge < -0.3 is 10.4 Å². The van der Waals surface area contributed by atoms with Crippen LogP contribution >= 0.6 is 0 Å². The summed E-state index contributed by atoms with van der Waals surface area (Å²) >= 11 is 0. The summed E-state index contributed by atoms with van der Waals surface area (Å²) in [5.41, 5.74) is 1.72. The number of nitrogens with one attached hydrogen (secondary N) is 1. The predicted octanol–water partition coefficient (Wildman–Crippen LogP) is 3.27. The van der Waals surface area contributed by atoms with Crippen molar-refractivity contribution in [2.24, 2.45) is 5.92 Å². The first kappa shape index (κ1) is 14.5. The van der Waals surface area contributed by atoms with Crippen LogP contribution in [0.15, 0.2) is 36.5 Å². The molecule has 0 atom stereocenters. The largest absolute Gasteiger partial charge is 0.389 e. The van der Waals surface area contributed by atoms with Gasteiger partial charge in [-0.05, 0) is 43.2 Å². The molecule has 0 radical (unpaired) electrons. The number of rotatable bonds is 4. The van der Waals surface area contributed by atoms with Crippen LogP contribution in [0.25, 0.3) is 10.9 Å². The van der Waals surface area contributed by atoms with Crippen LogP contribution in [0.5, 0.6) is 0 Å². The van der Waals surface area contributed by atoms with Crippen LogP contribution in [-0.2, 0) is 6.54 Å². The summed E-state index contributed by atoms with van der Waals surface area (Å²) < 4.78 is 0. The Bertz CT molecular complexity index is 598. The molecule has 21 heavy (non-hydrogen) atoms. The van der Waals surface area contributed by atoms with Crippen molar-refractivity contribution in [3.63, 3.8) is 0 Å². The normalized spacial score (nSPS) is 26.1. The van der Waals surface area contributed by atoms with Gasteiger partial charge in [-0.1, -0.05) is 31.2 Å². The van der Waals surface area contributed by atoms with E-state index in [9.17, 15) is 5.11 Å². The van der Waals surface area contributed by atoms with Gasteiger partial charge in [0.05, 0.1) is 11.1 Å². The van der Waals surface area contributed by atoms with Crippen LogP contribution in [0, 0.1) is 5.92 Å². The highest BCUT2D eigenvalue weighted by molar-refractivity contribution is 5.81. The Morgan fingerprint density at radius 2 is 2.00 bits per heavy atom. The standard InChI is InChI=1S/C18H24N2O/c1-14-7-9-18(21,10-8-14)13-19-12-16-5-2-4-15-6-3-11-20-17(15)16/h2-6,11,14,19,21H,7-10,12-13H2,1H3. The molecule has 112 valence electrons. The second-order valence-corrected chi connectivity index (χ2v) is 6.50. The van der Waals surface area contributed by atoms with E-state index >= 15 is 0 Å². The zero-order valence-electron chi connectivity index (χ0n) is 12.7. The first-order chi connectivity index (χ1) is 10.2. The number of hydrogen-bond donors (Lipinski definition) is 2. The van der Waals surface area contributed by atoms with Gasteiger partial charge in [-0.25, -0.2) is 0 Å². The summed E-state index contributed by atoms with van der Waals surface area (Å²) in [7, 11) is 0. The van der Waals surface area contributed by atoms with Crippen LogP contribution in [0.3, 0.4) is 0 Å². The van der Waals surface area contributed by atoms with Crippen LogP contribution < -0.4 is 5.32 Å². The van der Waals surface area contributed by atoms with E-state index < -0.39 is 5.60 Å². The fourth-order valence-electron chi connectivity index (χ4n) is 3.22. The van der Waals surface area contributed by atoms with Crippen LogP contribution in [0.2, 0.25) is 0 Å². The van der Waals surface area contributed by atoms with Gasteiger partial charge in [0.2, 0.25) is 0 Å². The minimum absolute atomic E-state index is 0.523. The third-order valence-electron chi connectivity index (χ3n) is 4.69. The third-order valence-corrected chi connectivity index (χ3v) is 4.69. The molecular formula is C18H24N2O. The molecule has 1 aromatic carbocycles. The van der Waals surface area contributed by atoms with Crippen molar-refractivity contribution in [2.45, 2.75) is 44.8 Å². The van der Waals surface area contributed by atoms with E-state index in [1.54, 1.807) is 0 Å². The summed E-state index contributed by atoms with van der Waals surface area (Å²) in [4.78, 5) is 4.47. The van der Waals surface area contributed by atoms with Crippen molar-refractivity contribution < 1.29 is 5.11 Å². The van der Waals surface area contributed by atoms with Crippen molar-refractivity contribution in [2.75, 3.05) is 6.54 Å². The lowest BCUT2D eigenvalue weighted by atomic mass is 9.79. The van der Waals surface area contributed by atoms with Crippen LogP contribution in [-0.4, -0.2) is 22.2 Å². The number of pyridine rings is 1. The molecule has 1 heterocycles. The SMILES string of the molecule is CC1CCC(O)(CNCc2cccc3cccnc23)CC1. The van der Waals surface area contributed by atoms with Crippen molar-refractivity contribution in [3.05, 3.63) is 42.1 Å². The highest BCUT2D eigenvalue weighted by atomic mass is 16.3. The Kier molecular flexibility index (Phi) is 4.22. The summed E-state index contributed by atoms with van der Waals surface area (Å²) in [5.74, 6) is 0.757. The summed E-state index contributed by atoms with van der Waals surface area (Å²) in [6.45, 7) is 3.70. The highest BCUT2D eigenvalue weighted by Gasteiger charge is 2.31. The number of nitrogens with zero attached hydrogens (tertiary/aromatic N) is 1. The molecule has 1 saturated carbocycles. The second-order valence-electron chi connectivity index (χ2n) is 6.50. The monoisotopic (exact) mass is 284 g/mol. The lowest BCUT2D eigenvalue weighted by Gasteiger charge is -2.35. The molecule has 1 aliphatic carbocycles. The molecule has 0 bridgehead atoms. The van der Waals surface area contributed by atoms with E-state index in [0.717, 1.165) is 43.7 Å². The van der Waals surface area contributed by atoms with Crippen LogP contribution in [0.4, 0.5) is 0 Å². The van der Waals surface area contributed by atoms with Gasteiger partial charge in [-0.3, -0.25) is 4.98 Å². The van der Waals surface area contributed by atoms with Gasteiger partial charge in [0.25, 0.3) is 0 Å². The van der Waals surface area contributed by atoms with Crippen LogP contribution in [0.1, 0.15) is 38.2 Å². The molecule has 1 fully saturated rings. The van der Waals surface area contributed by atoms with Gasteiger partial charge >= 0.3 is 0 Å². The maximum absolute atomic E-state index is 10.6. The van der Waals surface area contributed by atoms with E-state index in [4.69, 9.17) is 0 Å². The lowest BCUT2D eigenvalue weighted by molar-refractivity contribution is -0.00628. The quantitative estimate of drug-likeness (QED) is 0.905. The van der Waals surface area contributed by atoms with E-state index in [2.05, 4.69) is 41.5 Å². The van der Waals surface area contributed by atoms with Crippen molar-refractivity contribution in [1.82, 2.24) is 10.3 Å². The molecule has 0 amide bonds. The molecule has 0 aliphatic heterocycles. The predicted molar refractivity (Wildman–Crippen MR) is 86.0 cm³/mol. The van der Waals surface area contributed by atoms with Gasteiger partial charge in [0.1, 0.15) is 0 Å². The number of benzene rings is 1. The number of para-hydroxylation sites is 1. The van der Waals surface area contributed by atoms with Crippen molar-refractivity contribution >= 4 is 10.9 Å². The third kappa shape index (κ3) is 3.42. The summed E-state index contributed by atoms with van der Waals surface area (Å²) in [6, 6.07) is 10.3. The molecular weight excluding hydrogens is 260 g/mol. The Hall–Kier alpha value is -1.45. The highest BCUT2D eigenvalue weighted by Crippen LogP contribution is 2.31. The molecule has 3 nitrogen and oxygen atoms in total. The van der Waals surface area contributed by atoms with Gasteiger partial charge in [0.15, 0.2) is 0 Å². The zero-order chi connectivity index (χ0) is 14.7. The Morgan fingerprint density at radius 3 is 2.81 bits per heavy atom. The molecule has 0 saturated heterocycles. The molecule has 2 aromatic rings. The average Bonchev–Trinajstić information content (AvgIpc) is 2.51.